The van der Waals surface area contributed by atoms with Crippen LogP contribution in [0.3, 0.4) is 0 Å². The van der Waals surface area contributed by atoms with E-state index >= 15 is 17.6 Å². The van der Waals surface area contributed by atoms with Crippen LogP contribution in [0.5, 0.6) is 0 Å². The summed E-state index contributed by atoms with van der Waals surface area (Å²) in [5.74, 6) is -4.53. The van der Waals surface area contributed by atoms with E-state index in [1.165, 1.54) is 43.5 Å². The second-order valence-electron chi connectivity index (χ2n) is 18.6. The van der Waals surface area contributed by atoms with Gasteiger partial charge in [-0.25, -0.2) is 27.2 Å². The second-order valence-corrected chi connectivity index (χ2v) is 18.6. The van der Waals surface area contributed by atoms with Crippen LogP contribution in [0, 0.1) is 23.3 Å². The number of carbonyl (C=O) groups is 2. The van der Waals surface area contributed by atoms with E-state index < -0.39 is 47.3 Å². The number of carbonyl (C=O) groups excluding carboxylic acids is 1. The summed E-state index contributed by atoms with van der Waals surface area (Å²) in [6.07, 6.45) is 15.1. The second kappa shape index (κ2) is 22.3. The van der Waals surface area contributed by atoms with Crippen molar-refractivity contribution in [3.63, 3.8) is 0 Å². The van der Waals surface area contributed by atoms with Gasteiger partial charge >= 0.3 is 11.9 Å². The van der Waals surface area contributed by atoms with E-state index in [0.29, 0.717) is 13.1 Å². The van der Waals surface area contributed by atoms with Gasteiger partial charge in [-0.15, -0.1) is 0 Å². The van der Waals surface area contributed by atoms with Crippen molar-refractivity contribution in [2.45, 2.75) is 51.6 Å². The zero-order valence-corrected chi connectivity index (χ0v) is 42.3. The maximum Gasteiger partial charge on any atom is 0.330 e. The number of carboxylic acid groups (broad SMARTS) is 1. The molecule has 1 N–H and O–H groups in total. The summed E-state index contributed by atoms with van der Waals surface area (Å²) in [6, 6.07) is 31.6. The number of hydrogen-bond acceptors (Lipinski definition) is 7. The summed E-state index contributed by atoms with van der Waals surface area (Å²) in [5, 5.41) is 17.4. The molecule has 0 saturated carbocycles. The molecule has 2 aliphatic rings. The van der Waals surface area contributed by atoms with Gasteiger partial charge in [0.05, 0.1) is 42.7 Å². The van der Waals surface area contributed by atoms with Crippen LogP contribution < -0.4 is 9.80 Å². The van der Waals surface area contributed by atoms with Crippen molar-refractivity contribution in [1.29, 1.82) is 0 Å². The lowest BCUT2D eigenvalue weighted by Gasteiger charge is -2.40. The quantitative estimate of drug-likeness (QED) is 0.0733. The first-order valence-electron chi connectivity index (χ1n) is 24.8. The molecule has 2 aliphatic heterocycles. The van der Waals surface area contributed by atoms with Gasteiger partial charge in [0.25, 0.3) is 0 Å². The van der Waals surface area contributed by atoms with E-state index in [1.807, 2.05) is 99.4 Å². The minimum Gasteiger partial charge on any atom is -0.478 e. The van der Waals surface area contributed by atoms with E-state index in [4.69, 9.17) is 5.11 Å². The van der Waals surface area contributed by atoms with Crippen molar-refractivity contribution < 1.29 is 37.0 Å². The molecule has 14 heteroatoms. The summed E-state index contributed by atoms with van der Waals surface area (Å²) in [6.45, 7) is 5.34. The van der Waals surface area contributed by atoms with E-state index in [9.17, 15) is 9.59 Å². The smallest absolute Gasteiger partial charge is 0.330 e. The Balaban J connectivity index is 0.000000184. The number of anilines is 2. The summed E-state index contributed by atoms with van der Waals surface area (Å²) < 4.78 is 71.0. The molecule has 0 bridgehead atoms. The molecule has 10 rings (SSSR count). The summed E-state index contributed by atoms with van der Waals surface area (Å²) in [4.78, 5) is 26.6. The SMILES string of the molecule is CCc1ccccc1N1CCc2cc(-c3cnn(C)c3)ccc2C1c1c(F)cc(/C=C/C(=O)O)cc1F.CCc1ccccc1N1CCc2cc(-c3cnn(C)c3)ccc2C1c1c(F)cc(/C=C/C(=O)OC)cc1F. The lowest BCUT2D eigenvalue weighted by molar-refractivity contribution is -0.135. The Morgan fingerprint density at radius 1 is 0.600 bits per heavy atom. The minimum absolute atomic E-state index is 0.0128. The first-order chi connectivity index (χ1) is 36.2. The molecule has 2 atom stereocenters. The number of hydrogen-bond donors (Lipinski definition) is 1. The van der Waals surface area contributed by atoms with Gasteiger partial charge in [0.15, 0.2) is 0 Å². The highest BCUT2D eigenvalue weighted by atomic mass is 19.1. The fourth-order valence-corrected chi connectivity index (χ4v) is 10.4. The van der Waals surface area contributed by atoms with Crippen LogP contribution in [0.15, 0.2) is 146 Å². The van der Waals surface area contributed by atoms with Crippen molar-refractivity contribution >= 4 is 35.5 Å². The number of aryl methyl sites for hydroxylation is 4. The third kappa shape index (κ3) is 10.9. The van der Waals surface area contributed by atoms with Crippen LogP contribution in [-0.4, -0.2) is 56.8 Å². The Morgan fingerprint density at radius 2 is 1.01 bits per heavy atom. The zero-order chi connectivity index (χ0) is 52.9. The lowest BCUT2D eigenvalue weighted by Crippen LogP contribution is -2.37. The fraction of sp³-hybridized carbons (Fsp3) is 0.213. The normalized spacial score (nSPS) is 15.2. The number of aromatic nitrogens is 4. The summed E-state index contributed by atoms with van der Waals surface area (Å²) >= 11 is 0. The number of fused-ring (bicyclic) bond motifs is 2. The molecular weight excluding hydrogens is 957 g/mol. The Morgan fingerprint density at radius 3 is 1.39 bits per heavy atom. The molecule has 10 nitrogen and oxygen atoms in total. The van der Waals surface area contributed by atoms with Gasteiger partial charge in [-0.3, -0.25) is 9.36 Å². The molecule has 6 aromatic carbocycles. The van der Waals surface area contributed by atoms with Gasteiger partial charge in [-0.2, -0.15) is 10.2 Å². The third-order valence-corrected chi connectivity index (χ3v) is 14.0. The van der Waals surface area contributed by atoms with Crippen molar-refractivity contribution in [1.82, 2.24) is 19.6 Å². The predicted octanol–water partition coefficient (Wildman–Crippen LogP) is 12.4. The zero-order valence-electron chi connectivity index (χ0n) is 42.3. The van der Waals surface area contributed by atoms with Crippen LogP contribution in [0.25, 0.3) is 34.4 Å². The predicted molar refractivity (Wildman–Crippen MR) is 285 cm³/mol. The molecule has 2 aromatic heterocycles. The molecule has 2 unspecified atom stereocenters. The molecule has 0 radical (unpaired) electrons. The Bertz CT molecular complexity index is 3440. The number of methoxy groups -OCH3 is 1. The standard InChI is InChI=1S/C31H29F2N3O2.C30H27F2N3O2/c1-4-21-7-5-6-8-28(21)36-14-13-23-17-22(24-18-34-35(2)19-24)10-11-25(23)31(36)30-26(32)15-20(16-27(30)33)9-12-29(37)38-3;1-3-20-6-4-5-7-27(20)35-13-12-22-16-21(23-17-33-34(2)18-23)9-10-24(22)30(35)29-25(31)14-19(15-26(29)32)8-11-28(36)37/h5-12,15-19,31H,4,13-14H2,1-3H3;4-11,14-18,30H,3,12-13H2,1-2H3,(H,36,37)/b12-9+;11-8+. The van der Waals surface area contributed by atoms with Crippen molar-refractivity contribution in [3.05, 3.63) is 225 Å². The minimum atomic E-state index is -1.18. The summed E-state index contributed by atoms with van der Waals surface area (Å²) in [7, 11) is 4.98. The number of carboxylic acids is 1. The Labute approximate surface area is 433 Å². The van der Waals surface area contributed by atoms with E-state index in [2.05, 4.69) is 56.8 Å². The number of aliphatic carboxylic acids is 1. The molecule has 0 spiro atoms. The van der Waals surface area contributed by atoms with Crippen molar-refractivity contribution in [2.24, 2.45) is 14.1 Å². The van der Waals surface area contributed by atoms with Gasteiger partial charge < -0.3 is 19.6 Å². The van der Waals surface area contributed by atoms with Gasteiger partial charge in [0.1, 0.15) is 23.3 Å². The van der Waals surface area contributed by atoms with Crippen LogP contribution in [0.2, 0.25) is 0 Å². The van der Waals surface area contributed by atoms with Crippen LogP contribution in [0.4, 0.5) is 28.9 Å². The molecule has 0 amide bonds. The highest BCUT2D eigenvalue weighted by molar-refractivity contribution is 5.87. The highest BCUT2D eigenvalue weighted by Gasteiger charge is 2.36. The molecule has 382 valence electrons. The topological polar surface area (TPSA) is 106 Å². The van der Waals surface area contributed by atoms with Crippen molar-refractivity contribution in [2.75, 3.05) is 30.0 Å². The molecule has 75 heavy (non-hydrogen) atoms. The number of benzene rings is 6. The lowest BCUT2D eigenvalue weighted by atomic mass is 9.85. The maximum atomic E-state index is 15.8. The largest absolute Gasteiger partial charge is 0.478 e. The number of ether oxygens (including phenoxy) is 1. The van der Waals surface area contributed by atoms with E-state index in [-0.39, 0.29) is 22.3 Å². The number of nitrogens with zero attached hydrogens (tertiary/aromatic N) is 6. The van der Waals surface area contributed by atoms with Gasteiger partial charge in [-0.05, 0) is 130 Å². The van der Waals surface area contributed by atoms with E-state index in [0.717, 1.165) is 105 Å². The monoisotopic (exact) mass is 1010 g/mol. The number of para-hydroxylation sites is 2. The number of rotatable bonds is 12. The van der Waals surface area contributed by atoms with Gasteiger partial charge in [0.2, 0.25) is 0 Å². The molecular formula is C61H56F4N6O4. The van der Waals surface area contributed by atoms with Gasteiger partial charge in [-0.1, -0.05) is 86.6 Å². The molecule has 4 heterocycles. The molecule has 8 aromatic rings. The fourth-order valence-electron chi connectivity index (χ4n) is 10.4. The third-order valence-electron chi connectivity index (χ3n) is 14.0. The summed E-state index contributed by atoms with van der Waals surface area (Å²) in [5.41, 5.74) is 12.3. The first kappa shape index (κ1) is 51.4. The average Bonchev–Trinajstić information content (AvgIpc) is 4.07. The highest BCUT2D eigenvalue weighted by Crippen LogP contribution is 2.45. The number of halogens is 4. The van der Waals surface area contributed by atoms with Crippen LogP contribution in [0.1, 0.15) is 81.6 Å². The number of esters is 1. The first-order valence-corrected chi connectivity index (χ1v) is 24.8. The Hall–Kier alpha value is -8.52. The molecule has 0 saturated heterocycles. The van der Waals surface area contributed by atoms with Crippen molar-refractivity contribution in [3.8, 4) is 22.3 Å². The molecule has 0 aliphatic carbocycles. The van der Waals surface area contributed by atoms with E-state index in [1.54, 1.807) is 15.6 Å². The molecule has 0 fully saturated rings. The van der Waals surface area contributed by atoms with Crippen LogP contribution >= 0.6 is 0 Å². The Kier molecular flexibility index (Phi) is 15.3. The average molecular weight is 1010 g/mol. The maximum absolute atomic E-state index is 15.8. The van der Waals surface area contributed by atoms with Gasteiger partial charge in [0, 0.05) is 74.2 Å². The van der Waals surface area contributed by atoms with Crippen LogP contribution in [-0.2, 0) is 54.1 Å².